The maximum Gasteiger partial charge on any atom is 0.308 e. The van der Waals surface area contributed by atoms with Gasteiger partial charge in [-0.25, -0.2) is 0 Å². The molecule has 0 saturated heterocycles. The molecule has 0 aromatic heterocycles. The van der Waals surface area contributed by atoms with E-state index in [4.69, 9.17) is 4.74 Å². The fraction of sp³-hybridized carbons (Fsp3) is 0.400. The normalized spacial score (nSPS) is 11.4. The summed E-state index contributed by atoms with van der Waals surface area (Å²) in [7, 11) is 0. The number of rotatable bonds is 10. The number of carbonyl (C=O) groups excluding carboxylic acids is 1. The Morgan fingerprint density at radius 1 is 0.815 bits per heavy atom. The van der Waals surface area contributed by atoms with Gasteiger partial charge in [0.2, 0.25) is 0 Å². The molecule has 144 valence electrons. The van der Waals surface area contributed by atoms with Crippen LogP contribution in [0.25, 0.3) is 5.76 Å². The molecule has 0 aliphatic rings. The summed E-state index contributed by atoms with van der Waals surface area (Å²) in [5, 5.41) is 0. The first-order valence-electron chi connectivity index (χ1n) is 10.2. The molecule has 2 heteroatoms. The van der Waals surface area contributed by atoms with Crippen LogP contribution in [0.1, 0.15) is 68.7 Å². The van der Waals surface area contributed by atoms with Crippen molar-refractivity contribution >= 4 is 11.7 Å². The van der Waals surface area contributed by atoms with Crippen molar-refractivity contribution in [3.05, 3.63) is 76.9 Å². The van der Waals surface area contributed by atoms with Gasteiger partial charge in [-0.3, -0.25) is 4.79 Å². The molecular weight excluding hydrogens is 332 g/mol. The first kappa shape index (κ1) is 21.0. The Morgan fingerprint density at radius 3 is 1.78 bits per heavy atom. The van der Waals surface area contributed by atoms with Crippen molar-refractivity contribution in [2.24, 2.45) is 0 Å². The number of benzene rings is 2. The number of hydrogen-bond acceptors (Lipinski definition) is 2. The van der Waals surface area contributed by atoms with Gasteiger partial charge >= 0.3 is 5.97 Å². The first-order chi connectivity index (χ1) is 13.1. The summed E-state index contributed by atoms with van der Waals surface area (Å²) in [6.45, 7) is 5.87. The second-order valence-corrected chi connectivity index (χ2v) is 7.09. The molecular formula is C25H32O2. The largest absolute Gasteiger partial charge is 0.426 e. The lowest BCUT2D eigenvalue weighted by atomic mass is 10.0. The van der Waals surface area contributed by atoms with Crippen LogP contribution in [0.5, 0.6) is 0 Å². The highest BCUT2D eigenvalue weighted by Gasteiger charge is 2.07. The fourth-order valence-corrected chi connectivity index (χ4v) is 3.02. The van der Waals surface area contributed by atoms with Gasteiger partial charge in [0.05, 0.1) is 0 Å². The van der Waals surface area contributed by atoms with E-state index >= 15 is 0 Å². The minimum absolute atomic E-state index is 0.286. The van der Waals surface area contributed by atoms with Crippen molar-refractivity contribution in [2.75, 3.05) is 0 Å². The summed E-state index contributed by atoms with van der Waals surface area (Å²) < 4.78 is 5.48. The average molecular weight is 365 g/mol. The van der Waals surface area contributed by atoms with Crippen molar-refractivity contribution < 1.29 is 9.53 Å². The van der Waals surface area contributed by atoms with E-state index in [2.05, 4.69) is 50.2 Å². The molecule has 2 aromatic carbocycles. The average Bonchev–Trinajstić information content (AvgIpc) is 2.69. The fourth-order valence-electron chi connectivity index (χ4n) is 3.02. The molecule has 0 spiro atoms. The van der Waals surface area contributed by atoms with Crippen LogP contribution in [-0.2, 0) is 28.8 Å². The number of hydrogen-bond donors (Lipinski definition) is 0. The summed E-state index contributed by atoms with van der Waals surface area (Å²) in [4.78, 5) is 11.5. The van der Waals surface area contributed by atoms with Crippen molar-refractivity contribution in [1.82, 2.24) is 0 Å². The summed E-state index contributed by atoms with van der Waals surface area (Å²) in [5.41, 5.74) is 4.88. The maximum atomic E-state index is 11.5. The van der Waals surface area contributed by atoms with E-state index in [-0.39, 0.29) is 5.97 Å². The highest BCUT2D eigenvalue weighted by molar-refractivity contribution is 5.76. The number of ether oxygens (including phenoxy) is 1. The van der Waals surface area contributed by atoms with Crippen molar-refractivity contribution in [2.45, 2.75) is 65.7 Å². The minimum atomic E-state index is -0.286. The zero-order valence-corrected chi connectivity index (χ0v) is 17.0. The lowest BCUT2D eigenvalue weighted by Crippen LogP contribution is -2.00. The molecule has 0 radical (unpaired) electrons. The quantitative estimate of drug-likeness (QED) is 0.354. The van der Waals surface area contributed by atoms with Gasteiger partial charge in [-0.1, -0.05) is 75.2 Å². The van der Waals surface area contributed by atoms with Crippen LogP contribution >= 0.6 is 0 Å². The maximum absolute atomic E-state index is 11.5. The Labute approximate surface area is 164 Å². The van der Waals surface area contributed by atoms with Gasteiger partial charge in [0.15, 0.2) is 0 Å². The molecule has 0 bridgehead atoms. The highest BCUT2D eigenvalue weighted by Crippen LogP contribution is 2.19. The molecule has 0 aliphatic heterocycles. The van der Waals surface area contributed by atoms with Gasteiger partial charge in [-0.2, -0.15) is 0 Å². The van der Waals surface area contributed by atoms with E-state index < -0.39 is 0 Å². The lowest BCUT2D eigenvalue weighted by molar-refractivity contribution is -0.134. The molecule has 2 aromatic rings. The third kappa shape index (κ3) is 7.42. The third-order valence-corrected chi connectivity index (χ3v) is 4.68. The molecule has 2 nitrogen and oxygen atoms in total. The summed E-state index contributed by atoms with van der Waals surface area (Å²) in [6, 6.07) is 17.1. The van der Waals surface area contributed by atoms with Crippen molar-refractivity contribution in [3.63, 3.8) is 0 Å². The summed E-state index contributed by atoms with van der Waals surface area (Å²) in [5.74, 6) is 0.353. The number of unbranched alkanes of at least 4 members (excludes halogenated alkanes) is 2. The zero-order chi connectivity index (χ0) is 19.5. The molecule has 0 fully saturated rings. The second-order valence-electron chi connectivity index (χ2n) is 7.09. The molecule has 0 unspecified atom stereocenters. The van der Waals surface area contributed by atoms with E-state index in [1.54, 1.807) is 0 Å². The molecule has 0 heterocycles. The number of carbonyl (C=O) groups is 1. The SMILES string of the molecule is CCCCc1ccc(CC=C(OC(C)=O)c2ccc(CCCC)cc2)cc1. The van der Waals surface area contributed by atoms with E-state index in [1.165, 1.54) is 49.3 Å². The van der Waals surface area contributed by atoms with Gasteiger partial charge in [-0.15, -0.1) is 0 Å². The van der Waals surface area contributed by atoms with Crippen LogP contribution in [0.15, 0.2) is 54.6 Å². The van der Waals surface area contributed by atoms with Crippen molar-refractivity contribution in [1.29, 1.82) is 0 Å². The number of allylic oxidation sites excluding steroid dienone is 1. The Morgan fingerprint density at radius 2 is 1.30 bits per heavy atom. The molecule has 27 heavy (non-hydrogen) atoms. The van der Waals surface area contributed by atoms with Crippen LogP contribution < -0.4 is 0 Å². The lowest BCUT2D eigenvalue weighted by Gasteiger charge is -2.09. The first-order valence-corrected chi connectivity index (χ1v) is 10.2. The topological polar surface area (TPSA) is 26.3 Å². The predicted molar refractivity (Wildman–Crippen MR) is 114 cm³/mol. The second kappa shape index (κ2) is 11.4. The van der Waals surface area contributed by atoms with Gasteiger partial charge in [-0.05, 0) is 54.9 Å². The molecule has 0 saturated carbocycles. The van der Waals surface area contributed by atoms with E-state index in [0.29, 0.717) is 5.76 Å². The molecule has 0 aliphatic carbocycles. The smallest absolute Gasteiger partial charge is 0.308 e. The van der Waals surface area contributed by atoms with E-state index in [0.717, 1.165) is 24.8 Å². The Bertz CT molecular complexity index is 724. The molecule has 0 atom stereocenters. The van der Waals surface area contributed by atoms with Gasteiger partial charge < -0.3 is 4.74 Å². The monoisotopic (exact) mass is 364 g/mol. The Kier molecular flexibility index (Phi) is 8.83. The predicted octanol–water partition coefficient (Wildman–Crippen LogP) is 6.52. The Balaban J connectivity index is 2.09. The van der Waals surface area contributed by atoms with Crippen LogP contribution in [0, 0.1) is 0 Å². The van der Waals surface area contributed by atoms with Crippen LogP contribution in [0.3, 0.4) is 0 Å². The molecule has 0 amide bonds. The molecule has 2 rings (SSSR count). The molecule has 0 N–H and O–H groups in total. The van der Waals surface area contributed by atoms with E-state index in [9.17, 15) is 4.79 Å². The van der Waals surface area contributed by atoms with Crippen LogP contribution in [-0.4, -0.2) is 5.97 Å². The minimum Gasteiger partial charge on any atom is -0.426 e. The van der Waals surface area contributed by atoms with Gasteiger partial charge in [0, 0.05) is 12.5 Å². The number of aryl methyl sites for hydroxylation is 2. The number of esters is 1. The van der Waals surface area contributed by atoms with E-state index in [1.807, 2.05) is 18.2 Å². The standard InChI is InChI=1S/C25H32O2/c1-4-6-8-21-10-12-23(13-11-21)16-19-25(27-20(3)26)24-17-14-22(15-18-24)9-7-5-2/h10-15,17-19H,4-9,16H2,1-3H3. The summed E-state index contributed by atoms with van der Waals surface area (Å²) >= 11 is 0. The zero-order valence-electron chi connectivity index (χ0n) is 17.0. The van der Waals surface area contributed by atoms with Gasteiger partial charge in [0.1, 0.15) is 5.76 Å². The third-order valence-electron chi connectivity index (χ3n) is 4.68. The van der Waals surface area contributed by atoms with Crippen LogP contribution in [0.2, 0.25) is 0 Å². The Hall–Kier alpha value is -2.35. The highest BCUT2D eigenvalue weighted by atomic mass is 16.5. The van der Waals surface area contributed by atoms with Crippen LogP contribution in [0.4, 0.5) is 0 Å². The van der Waals surface area contributed by atoms with Crippen molar-refractivity contribution in [3.8, 4) is 0 Å². The van der Waals surface area contributed by atoms with Gasteiger partial charge in [0.25, 0.3) is 0 Å². The summed E-state index contributed by atoms with van der Waals surface area (Å²) in [6.07, 6.45) is 9.80.